The summed E-state index contributed by atoms with van der Waals surface area (Å²) in [6, 6.07) is 0. The van der Waals surface area contributed by atoms with Crippen LogP contribution >= 0.6 is 15.9 Å². The van der Waals surface area contributed by atoms with Gasteiger partial charge in [0.15, 0.2) is 5.65 Å². The maximum Gasteiger partial charge on any atom is 0.243 e. The Morgan fingerprint density at radius 1 is 1.53 bits per heavy atom. The highest BCUT2D eigenvalue weighted by Gasteiger charge is 2.12. The largest absolute Gasteiger partial charge is 0.368 e. The van der Waals surface area contributed by atoms with Crippen LogP contribution < -0.4 is 10.6 Å². The van der Waals surface area contributed by atoms with Crippen molar-refractivity contribution in [1.29, 1.82) is 0 Å². The van der Waals surface area contributed by atoms with Crippen molar-refractivity contribution in [3.63, 3.8) is 0 Å². The minimum atomic E-state index is -0.197. The van der Waals surface area contributed by atoms with Crippen molar-refractivity contribution in [2.75, 3.05) is 18.4 Å². The lowest BCUT2D eigenvalue weighted by molar-refractivity contribution is -0.116. The van der Waals surface area contributed by atoms with Crippen molar-refractivity contribution in [1.82, 2.24) is 25.1 Å². The number of aryl methyl sites for hydroxylation is 1. The summed E-state index contributed by atoms with van der Waals surface area (Å²) < 4.78 is 2.36. The number of halogens is 1. The van der Waals surface area contributed by atoms with Crippen LogP contribution in [0.5, 0.6) is 0 Å². The molecule has 0 saturated carbocycles. The van der Waals surface area contributed by atoms with Gasteiger partial charge in [-0.15, -0.1) is 0 Å². The Bertz CT molecular complexity index is 623. The predicted octanol–water partition coefficient (Wildman–Crippen LogP) is 0.840. The van der Waals surface area contributed by atoms with Crippen molar-refractivity contribution < 1.29 is 4.79 Å². The van der Waals surface area contributed by atoms with E-state index < -0.39 is 0 Å². The number of rotatable bonds is 5. The molecule has 0 aliphatic heterocycles. The second-order valence-electron chi connectivity index (χ2n) is 3.76. The van der Waals surface area contributed by atoms with Crippen LogP contribution in [0.25, 0.3) is 11.0 Å². The smallest absolute Gasteiger partial charge is 0.243 e. The Kier molecular flexibility index (Phi) is 4.10. The van der Waals surface area contributed by atoms with Gasteiger partial charge in [0.1, 0.15) is 16.7 Å². The molecule has 2 aromatic rings. The fourth-order valence-corrected chi connectivity index (χ4v) is 2.22. The number of fused-ring (bicyclic) bond motifs is 1. The minimum absolute atomic E-state index is 0.197. The number of anilines is 1. The highest BCUT2D eigenvalue weighted by Crippen LogP contribution is 2.26. The molecular weight excluding hydrogens is 312 g/mol. The zero-order valence-electron chi connectivity index (χ0n) is 10.4. The normalized spacial score (nSPS) is 10.4. The highest BCUT2D eigenvalue weighted by molar-refractivity contribution is 9.10. The number of hydrogen-bond acceptors (Lipinski definition) is 5. The monoisotopic (exact) mass is 324 g/mol. The molecule has 0 atom stereocenters. The summed E-state index contributed by atoms with van der Waals surface area (Å²) in [6.45, 7) is 4.41. The number of hydrogen-bond donors (Lipinski definition) is 2. The number of carbonyl (C=O) groups is 1. The zero-order valence-corrected chi connectivity index (χ0v) is 11.9. The van der Waals surface area contributed by atoms with Gasteiger partial charge in [0, 0.05) is 20.1 Å². The SMILES string of the molecule is C=CC(=O)NCCNc1ncnc2c1c(Br)nn2C. The van der Waals surface area contributed by atoms with Crippen LogP contribution in [0, 0.1) is 0 Å². The van der Waals surface area contributed by atoms with E-state index in [0.29, 0.717) is 23.5 Å². The average Bonchev–Trinajstić information content (AvgIpc) is 2.70. The van der Waals surface area contributed by atoms with Gasteiger partial charge >= 0.3 is 0 Å². The summed E-state index contributed by atoms with van der Waals surface area (Å²) in [5, 5.41) is 10.9. The summed E-state index contributed by atoms with van der Waals surface area (Å²) in [6.07, 6.45) is 2.71. The molecule has 2 heterocycles. The van der Waals surface area contributed by atoms with Gasteiger partial charge < -0.3 is 10.6 Å². The number of aromatic nitrogens is 4. The lowest BCUT2D eigenvalue weighted by atomic mass is 10.4. The van der Waals surface area contributed by atoms with E-state index >= 15 is 0 Å². The molecule has 0 saturated heterocycles. The van der Waals surface area contributed by atoms with Gasteiger partial charge in [-0.1, -0.05) is 6.58 Å². The Morgan fingerprint density at radius 3 is 3.05 bits per heavy atom. The lowest BCUT2D eigenvalue weighted by Crippen LogP contribution is -2.27. The van der Waals surface area contributed by atoms with Gasteiger partial charge in [-0.3, -0.25) is 4.79 Å². The van der Waals surface area contributed by atoms with Crippen LogP contribution in [-0.4, -0.2) is 38.7 Å². The van der Waals surface area contributed by atoms with Gasteiger partial charge in [-0.25, -0.2) is 14.6 Å². The van der Waals surface area contributed by atoms with Crippen LogP contribution in [0.3, 0.4) is 0 Å². The molecule has 2 rings (SSSR count). The molecule has 8 heteroatoms. The standard InChI is InChI=1S/C11H13BrN6O/c1-3-7(19)13-4-5-14-10-8-9(12)17-18(2)11(8)16-6-15-10/h3,6H,1,4-5H2,2H3,(H,13,19)(H,14,15,16). The predicted molar refractivity (Wildman–Crippen MR) is 75.7 cm³/mol. The Morgan fingerprint density at radius 2 is 2.32 bits per heavy atom. The van der Waals surface area contributed by atoms with Crippen molar-refractivity contribution in [3.8, 4) is 0 Å². The van der Waals surface area contributed by atoms with Crippen molar-refractivity contribution in [2.45, 2.75) is 0 Å². The molecule has 0 unspecified atom stereocenters. The van der Waals surface area contributed by atoms with Crippen molar-refractivity contribution >= 4 is 38.7 Å². The maximum absolute atomic E-state index is 11.0. The highest BCUT2D eigenvalue weighted by atomic mass is 79.9. The summed E-state index contributed by atoms with van der Waals surface area (Å²) >= 11 is 3.38. The van der Waals surface area contributed by atoms with Crippen molar-refractivity contribution in [2.24, 2.45) is 7.05 Å². The second kappa shape index (κ2) is 5.79. The molecule has 0 aliphatic rings. The summed E-state index contributed by atoms with van der Waals surface area (Å²) in [4.78, 5) is 19.3. The third-order valence-corrected chi connectivity index (χ3v) is 3.04. The van der Waals surface area contributed by atoms with Crippen LogP contribution in [0.4, 0.5) is 5.82 Å². The molecule has 0 aliphatic carbocycles. The molecule has 7 nitrogen and oxygen atoms in total. The van der Waals surface area contributed by atoms with E-state index in [1.165, 1.54) is 12.4 Å². The molecule has 100 valence electrons. The van der Waals surface area contributed by atoms with E-state index in [2.05, 4.69) is 48.2 Å². The molecule has 0 fully saturated rings. The van der Waals surface area contributed by atoms with Gasteiger partial charge in [-0.05, 0) is 22.0 Å². The van der Waals surface area contributed by atoms with E-state index in [0.717, 1.165) is 11.0 Å². The molecule has 2 aromatic heterocycles. The molecule has 2 N–H and O–H groups in total. The van der Waals surface area contributed by atoms with E-state index in [1.54, 1.807) is 4.68 Å². The minimum Gasteiger partial charge on any atom is -0.368 e. The Hall–Kier alpha value is -1.96. The van der Waals surface area contributed by atoms with E-state index in [9.17, 15) is 4.79 Å². The summed E-state index contributed by atoms with van der Waals surface area (Å²) in [5.41, 5.74) is 0.736. The van der Waals surface area contributed by atoms with Crippen LogP contribution in [0.1, 0.15) is 0 Å². The van der Waals surface area contributed by atoms with E-state index in [1.807, 2.05) is 7.05 Å². The van der Waals surface area contributed by atoms with Crippen LogP contribution in [0.15, 0.2) is 23.6 Å². The fourth-order valence-electron chi connectivity index (χ4n) is 1.61. The quantitative estimate of drug-likeness (QED) is 0.629. The van der Waals surface area contributed by atoms with Crippen LogP contribution in [0.2, 0.25) is 0 Å². The van der Waals surface area contributed by atoms with Crippen LogP contribution in [-0.2, 0) is 11.8 Å². The summed E-state index contributed by atoms with van der Waals surface area (Å²) in [5.74, 6) is 0.481. The fraction of sp³-hybridized carbons (Fsp3) is 0.273. The van der Waals surface area contributed by atoms with Gasteiger partial charge in [-0.2, -0.15) is 5.10 Å². The zero-order chi connectivity index (χ0) is 13.8. The Labute approximate surface area is 118 Å². The molecule has 0 aromatic carbocycles. The number of nitrogens with zero attached hydrogens (tertiary/aromatic N) is 4. The first-order valence-electron chi connectivity index (χ1n) is 5.61. The third-order valence-electron chi connectivity index (χ3n) is 2.48. The average molecular weight is 325 g/mol. The number of carbonyl (C=O) groups excluding carboxylic acids is 1. The van der Waals surface area contributed by atoms with E-state index in [-0.39, 0.29) is 5.91 Å². The molecule has 0 radical (unpaired) electrons. The Balaban J connectivity index is 2.09. The third kappa shape index (κ3) is 2.90. The number of nitrogens with one attached hydrogen (secondary N) is 2. The molecule has 0 bridgehead atoms. The first-order valence-corrected chi connectivity index (χ1v) is 6.40. The maximum atomic E-state index is 11.0. The first kappa shape index (κ1) is 13.5. The first-order chi connectivity index (χ1) is 9.13. The second-order valence-corrected chi connectivity index (χ2v) is 4.51. The van der Waals surface area contributed by atoms with Gasteiger partial charge in [0.25, 0.3) is 0 Å². The molecule has 0 spiro atoms. The van der Waals surface area contributed by atoms with Gasteiger partial charge in [0.2, 0.25) is 5.91 Å². The molecule has 1 amide bonds. The molecule has 19 heavy (non-hydrogen) atoms. The topological polar surface area (TPSA) is 84.7 Å². The van der Waals surface area contributed by atoms with Gasteiger partial charge in [0.05, 0.1) is 5.39 Å². The molecular formula is C11H13BrN6O. The lowest BCUT2D eigenvalue weighted by Gasteiger charge is -2.06. The number of amides is 1. The van der Waals surface area contributed by atoms with Crippen molar-refractivity contribution in [3.05, 3.63) is 23.6 Å². The van der Waals surface area contributed by atoms with E-state index in [4.69, 9.17) is 0 Å². The summed E-state index contributed by atoms with van der Waals surface area (Å²) in [7, 11) is 1.81.